The van der Waals surface area contributed by atoms with Crippen LogP contribution < -0.4 is 15.4 Å². The van der Waals surface area contributed by atoms with Crippen LogP contribution in [0.25, 0.3) is 0 Å². The van der Waals surface area contributed by atoms with E-state index in [-0.39, 0.29) is 24.5 Å². The van der Waals surface area contributed by atoms with Gasteiger partial charge in [-0.25, -0.2) is 13.6 Å². The normalized spacial score (nSPS) is 16.7. The molecule has 1 heterocycles. The molecule has 25 heavy (non-hydrogen) atoms. The molecule has 0 aromatic heterocycles. The van der Waals surface area contributed by atoms with Crippen molar-refractivity contribution in [3.63, 3.8) is 0 Å². The van der Waals surface area contributed by atoms with Crippen LogP contribution in [-0.2, 0) is 6.42 Å². The maximum Gasteiger partial charge on any atom is 0.315 e. The van der Waals surface area contributed by atoms with E-state index in [9.17, 15) is 18.7 Å². The van der Waals surface area contributed by atoms with Crippen molar-refractivity contribution in [1.82, 2.24) is 10.6 Å². The molecule has 1 aliphatic heterocycles. The number of hydrogen-bond acceptors (Lipinski definition) is 3. The average Bonchev–Trinajstić information content (AvgIpc) is 2.97. The molecule has 132 valence electrons. The number of fused-ring (bicyclic) bond motifs is 1. The number of aliphatic hydroxyl groups excluding tert-OH is 1. The molecular weight excluding hydrogens is 330 g/mol. The van der Waals surface area contributed by atoms with E-state index in [1.165, 1.54) is 0 Å². The Kier molecular flexibility index (Phi) is 5.14. The van der Waals surface area contributed by atoms with Crippen molar-refractivity contribution in [3.8, 4) is 5.75 Å². The fourth-order valence-corrected chi connectivity index (χ4v) is 2.83. The number of benzene rings is 2. The first-order valence-electron chi connectivity index (χ1n) is 7.90. The Bertz CT molecular complexity index is 755. The third-order valence-electron chi connectivity index (χ3n) is 4.00. The Morgan fingerprint density at radius 1 is 1.28 bits per heavy atom. The number of carbonyl (C=O) groups excluding carboxylic acids is 1. The number of nitrogens with one attached hydrogen (secondary N) is 2. The smallest absolute Gasteiger partial charge is 0.315 e. The molecule has 2 aromatic rings. The summed E-state index contributed by atoms with van der Waals surface area (Å²) in [6.07, 6.45) is 0.460. The van der Waals surface area contributed by atoms with Gasteiger partial charge in [0.15, 0.2) is 0 Å². The summed E-state index contributed by atoms with van der Waals surface area (Å²) in [6.45, 7) is -0.217. The van der Waals surface area contributed by atoms with Gasteiger partial charge in [0.25, 0.3) is 0 Å². The first kappa shape index (κ1) is 17.2. The Balaban J connectivity index is 1.62. The van der Waals surface area contributed by atoms with E-state index in [4.69, 9.17) is 4.74 Å². The molecule has 2 aromatic carbocycles. The molecule has 0 spiro atoms. The number of aliphatic hydroxyl groups is 1. The molecule has 5 nitrogen and oxygen atoms in total. The highest BCUT2D eigenvalue weighted by molar-refractivity contribution is 5.75. The highest BCUT2D eigenvalue weighted by Gasteiger charge is 2.30. The Hall–Kier alpha value is -2.67. The van der Waals surface area contributed by atoms with Gasteiger partial charge in [0.2, 0.25) is 0 Å². The predicted molar refractivity (Wildman–Crippen MR) is 87.3 cm³/mol. The van der Waals surface area contributed by atoms with Crippen LogP contribution in [0.3, 0.4) is 0 Å². The summed E-state index contributed by atoms with van der Waals surface area (Å²) < 4.78 is 32.4. The van der Waals surface area contributed by atoms with Gasteiger partial charge in [-0.1, -0.05) is 30.3 Å². The van der Waals surface area contributed by atoms with Crippen molar-refractivity contribution in [2.24, 2.45) is 0 Å². The quantitative estimate of drug-likeness (QED) is 0.777. The summed E-state index contributed by atoms with van der Waals surface area (Å²) in [5.41, 5.74) is 1.10. The lowest BCUT2D eigenvalue weighted by atomic mass is 10.1. The molecule has 0 saturated heterocycles. The molecule has 1 aliphatic rings. The largest absolute Gasteiger partial charge is 0.490 e. The van der Waals surface area contributed by atoms with Crippen molar-refractivity contribution >= 4 is 6.03 Å². The molecule has 0 fully saturated rings. The Morgan fingerprint density at radius 2 is 2.04 bits per heavy atom. The van der Waals surface area contributed by atoms with E-state index in [1.54, 1.807) is 0 Å². The van der Waals surface area contributed by atoms with Gasteiger partial charge >= 0.3 is 6.03 Å². The van der Waals surface area contributed by atoms with Crippen molar-refractivity contribution in [2.75, 3.05) is 13.2 Å². The molecule has 2 atom stereocenters. The van der Waals surface area contributed by atoms with Crippen LogP contribution >= 0.6 is 0 Å². The maximum atomic E-state index is 13.9. The zero-order chi connectivity index (χ0) is 17.8. The SMILES string of the molecule is O=C(N[C@H](CO)Cc1ccccc1)N[C@@H]1COc2cc(F)cc(F)c21. The molecule has 3 rings (SSSR count). The maximum absolute atomic E-state index is 13.9. The second kappa shape index (κ2) is 7.48. The van der Waals surface area contributed by atoms with E-state index in [2.05, 4.69) is 10.6 Å². The standard InChI is InChI=1S/C18H18F2N2O3/c19-12-7-14(20)17-15(10-25-16(17)8-12)22-18(24)21-13(9-23)6-11-4-2-1-3-5-11/h1-5,7-8,13,15,23H,6,9-10H2,(H2,21,22,24)/t13-,15+/m0/s1. The summed E-state index contributed by atoms with van der Waals surface area (Å²) in [6, 6.07) is 9.51. The van der Waals surface area contributed by atoms with Gasteiger partial charge in [-0.2, -0.15) is 0 Å². The highest BCUT2D eigenvalue weighted by atomic mass is 19.1. The van der Waals surface area contributed by atoms with Crippen LogP contribution in [0.2, 0.25) is 0 Å². The molecule has 0 radical (unpaired) electrons. The number of rotatable bonds is 5. The molecule has 7 heteroatoms. The first-order valence-corrected chi connectivity index (χ1v) is 7.90. The van der Waals surface area contributed by atoms with Gasteiger partial charge in [-0.15, -0.1) is 0 Å². The third kappa shape index (κ3) is 4.06. The van der Waals surface area contributed by atoms with Crippen LogP contribution in [0.4, 0.5) is 13.6 Å². The summed E-state index contributed by atoms with van der Waals surface area (Å²) in [5, 5.41) is 14.7. The first-order chi connectivity index (χ1) is 12.1. The number of urea groups is 1. The van der Waals surface area contributed by atoms with E-state index in [0.717, 1.165) is 17.7 Å². The lowest BCUT2D eigenvalue weighted by Crippen LogP contribution is -2.46. The summed E-state index contributed by atoms with van der Waals surface area (Å²) in [4.78, 5) is 12.2. The van der Waals surface area contributed by atoms with Crippen LogP contribution in [0, 0.1) is 11.6 Å². The van der Waals surface area contributed by atoms with Crippen LogP contribution in [0.1, 0.15) is 17.2 Å². The number of ether oxygens (including phenoxy) is 1. The molecule has 0 unspecified atom stereocenters. The Labute approximate surface area is 143 Å². The van der Waals surface area contributed by atoms with Crippen LogP contribution in [0.5, 0.6) is 5.75 Å². The lowest BCUT2D eigenvalue weighted by molar-refractivity contribution is 0.210. The molecule has 2 amide bonds. The minimum Gasteiger partial charge on any atom is -0.490 e. The van der Waals surface area contributed by atoms with Gasteiger partial charge in [0.1, 0.15) is 24.0 Å². The molecule has 3 N–H and O–H groups in total. The van der Waals surface area contributed by atoms with Crippen LogP contribution in [-0.4, -0.2) is 30.4 Å². The number of halogens is 2. The van der Waals surface area contributed by atoms with Gasteiger partial charge in [0, 0.05) is 12.1 Å². The zero-order valence-corrected chi connectivity index (χ0v) is 13.3. The summed E-state index contributed by atoms with van der Waals surface area (Å²) >= 11 is 0. The third-order valence-corrected chi connectivity index (χ3v) is 4.00. The second-order valence-electron chi connectivity index (χ2n) is 5.85. The van der Waals surface area contributed by atoms with Gasteiger partial charge < -0.3 is 20.5 Å². The number of hydrogen-bond donors (Lipinski definition) is 3. The van der Waals surface area contributed by atoms with E-state index < -0.39 is 29.7 Å². The molecule has 0 bridgehead atoms. The average molecular weight is 348 g/mol. The fourth-order valence-electron chi connectivity index (χ4n) is 2.83. The van der Waals surface area contributed by atoms with Crippen LogP contribution in [0.15, 0.2) is 42.5 Å². The van der Waals surface area contributed by atoms with Gasteiger partial charge in [-0.05, 0) is 12.0 Å². The lowest BCUT2D eigenvalue weighted by Gasteiger charge is -2.19. The van der Waals surface area contributed by atoms with Crippen molar-refractivity contribution in [3.05, 3.63) is 65.2 Å². The summed E-state index contributed by atoms with van der Waals surface area (Å²) in [7, 11) is 0. The zero-order valence-electron chi connectivity index (χ0n) is 13.3. The van der Waals surface area contributed by atoms with Gasteiger partial charge in [-0.3, -0.25) is 0 Å². The van der Waals surface area contributed by atoms with Crippen molar-refractivity contribution < 1.29 is 23.4 Å². The van der Waals surface area contributed by atoms with E-state index in [1.807, 2.05) is 30.3 Å². The molecule has 0 aliphatic carbocycles. The fraction of sp³-hybridized carbons (Fsp3) is 0.278. The van der Waals surface area contributed by atoms with Gasteiger partial charge in [0.05, 0.1) is 24.3 Å². The predicted octanol–water partition coefficient (Wildman–Crippen LogP) is 2.30. The minimum absolute atomic E-state index is 0.0194. The number of carbonyl (C=O) groups is 1. The Morgan fingerprint density at radius 3 is 2.76 bits per heavy atom. The topological polar surface area (TPSA) is 70.6 Å². The van der Waals surface area contributed by atoms with Crippen molar-refractivity contribution in [2.45, 2.75) is 18.5 Å². The second-order valence-corrected chi connectivity index (χ2v) is 5.85. The minimum atomic E-state index is -0.763. The molecule has 0 saturated carbocycles. The highest BCUT2D eigenvalue weighted by Crippen LogP contribution is 2.35. The monoisotopic (exact) mass is 348 g/mol. The molecular formula is C18H18F2N2O3. The number of amides is 2. The van der Waals surface area contributed by atoms with E-state index >= 15 is 0 Å². The van der Waals surface area contributed by atoms with Crippen molar-refractivity contribution in [1.29, 1.82) is 0 Å². The summed E-state index contributed by atoms with van der Waals surface area (Å²) in [5.74, 6) is -1.41. The van der Waals surface area contributed by atoms with E-state index in [0.29, 0.717) is 6.42 Å².